The Morgan fingerprint density at radius 3 is 2.03 bits per heavy atom. The summed E-state index contributed by atoms with van der Waals surface area (Å²) in [6.45, 7) is 5.09. The van der Waals surface area contributed by atoms with Gasteiger partial charge in [0.1, 0.15) is 0 Å². The van der Waals surface area contributed by atoms with Gasteiger partial charge in [-0.1, -0.05) is 49.4 Å². The lowest BCUT2D eigenvalue weighted by molar-refractivity contribution is 0.102. The molecule has 0 aliphatic carbocycles. The molecular formula is C26H29N3O3S. The highest BCUT2D eigenvalue weighted by atomic mass is 32.2. The zero-order valence-electron chi connectivity index (χ0n) is 18.8. The van der Waals surface area contributed by atoms with Crippen LogP contribution in [0.5, 0.6) is 0 Å². The molecule has 0 atom stereocenters. The lowest BCUT2D eigenvalue weighted by atomic mass is 10.1. The van der Waals surface area contributed by atoms with Crippen LogP contribution in [0.3, 0.4) is 0 Å². The summed E-state index contributed by atoms with van der Waals surface area (Å²) in [6.07, 6.45) is 0.966. The molecule has 0 saturated carbocycles. The molecule has 0 bridgehead atoms. The quantitative estimate of drug-likeness (QED) is 0.575. The van der Waals surface area contributed by atoms with E-state index in [1.807, 2.05) is 54.6 Å². The van der Waals surface area contributed by atoms with Crippen molar-refractivity contribution in [2.75, 3.05) is 31.5 Å². The number of hydrogen-bond acceptors (Lipinski definition) is 4. The third kappa shape index (κ3) is 5.68. The number of carbonyl (C=O) groups excluding carboxylic acids is 1. The van der Waals surface area contributed by atoms with Gasteiger partial charge in [-0.25, -0.2) is 8.42 Å². The van der Waals surface area contributed by atoms with E-state index in [2.05, 4.69) is 17.1 Å². The normalized spacial score (nSPS) is 15.3. The van der Waals surface area contributed by atoms with Crippen LogP contribution in [0.15, 0.2) is 83.8 Å². The molecule has 0 unspecified atom stereocenters. The summed E-state index contributed by atoms with van der Waals surface area (Å²) >= 11 is 0. The summed E-state index contributed by atoms with van der Waals surface area (Å²) in [7, 11) is -3.44. The molecule has 4 rings (SSSR count). The second kappa shape index (κ2) is 10.3. The lowest BCUT2D eigenvalue weighted by Crippen LogP contribution is -2.48. The van der Waals surface area contributed by atoms with Crippen LogP contribution in [-0.2, 0) is 23.0 Å². The highest BCUT2D eigenvalue weighted by molar-refractivity contribution is 7.89. The van der Waals surface area contributed by atoms with Gasteiger partial charge in [0.25, 0.3) is 5.91 Å². The van der Waals surface area contributed by atoms with Gasteiger partial charge in [-0.3, -0.25) is 9.69 Å². The Morgan fingerprint density at radius 2 is 1.42 bits per heavy atom. The third-order valence-electron chi connectivity index (χ3n) is 5.95. The highest BCUT2D eigenvalue weighted by Gasteiger charge is 2.28. The smallest absolute Gasteiger partial charge is 0.255 e. The van der Waals surface area contributed by atoms with Gasteiger partial charge in [-0.2, -0.15) is 4.31 Å². The summed E-state index contributed by atoms with van der Waals surface area (Å²) in [6, 6.07) is 24.0. The Balaban J connectivity index is 1.30. The number of anilines is 1. The van der Waals surface area contributed by atoms with Crippen LogP contribution in [-0.4, -0.2) is 49.7 Å². The number of piperazine rings is 1. The largest absolute Gasteiger partial charge is 0.322 e. The van der Waals surface area contributed by atoms with Crippen LogP contribution in [0, 0.1) is 0 Å². The van der Waals surface area contributed by atoms with E-state index in [9.17, 15) is 13.2 Å². The minimum atomic E-state index is -3.44. The second-order valence-corrected chi connectivity index (χ2v) is 10.1. The van der Waals surface area contributed by atoms with Gasteiger partial charge in [0.2, 0.25) is 10.0 Å². The Hall–Kier alpha value is -3.00. The number of nitrogens with one attached hydrogen (secondary N) is 1. The molecule has 0 radical (unpaired) electrons. The van der Waals surface area contributed by atoms with Gasteiger partial charge >= 0.3 is 0 Å². The number of benzene rings is 3. The highest BCUT2D eigenvalue weighted by Crippen LogP contribution is 2.19. The molecule has 1 fully saturated rings. The van der Waals surface area contributed by atoms with Crippen LogP contribution in [0.2, 0.25) is 0 Å². The number of hydrogen-bond donors (Lipinski definition) is 1. The van der Waals surface area contributed by atoms with Crippen molar-refractivity contribution in [3.8, 4) is 0 Å². The van der Waals surface area contributed by atoms with Gasteiger partial charge in [0.05, 0.1) is 4.90 Å². The average molecular weight is 464 g/mol. The van der Waals surface area contributed by atoms with E-state index in [0.29, 0.717) is 36.6 Å². The molecule has 0 spiro atoms. The summed E-state index contributed by atoms with van der Waals surface area (Å²) in [5.41, 5.74) is 3.72. The SMILES string of the molecule is CCc1ccc(NC(=O)c2ccc(CN3CCN(S(=O)(=O)c4ccccc4)CC3)cc2)cc1. The summed E-state index contributed by atoms with van der Waals surface area (Å²) in [5.74, 6) is -0.134. The molecular weight excluding hydrogens is 434 g/mol. The van der Waals surface area contributed by atoms with Crippen LogP contribution < -0.4 is 5.32 Å². The molecule has 1 heterocycles. The van der Waals surface area contributed by atoms with Crippen molar-refractivity contribution < 1.29 is 13.2 Å². The van der Waals surface area contributed by atoms with Gasteiger partial charge in [-0.15, -0.1) is 0 Å². The Labute approximate surface area is 195 Å². The maximum absolute atomic E-state index is 12.8. The number of carbonyl (C=O) groups is 1. The molecule has 172 valence electrons. The van der Waals surface area contributed by atoms with Crippen molar-refractivity contribution in [3.63, 3.8) is 0 Å². The first-order valence-corrected chi connectivity index (χ1v) is 12.7. The van der Waals surface area contributed by atoms with E-state index < -0.39 is 10.0 Å². The first-order chi connectivity index (χ1) is 16.0. The molecule has 1 amide bonds. The number of rotatable bonds is 7. The van der Waals surface area contributed by atoms with Gasteiger partial charge in [0, 0.05) is 44.0 Å². The zero-order chi connectivity index (χ0) is 23.3. The Kier molecular flexibility index (Phi) is 7.23. The van der Waals surface area contributed by atoms with Crippen LogP contribution in [0.25, 0.3) is 0 Å². The summed E-state index contributed by atoms with van der Waals surface area (Å²) in [5, 5.41) is 2.93. The summed E-state index contributed by atoms with van der Waals surface area (Å²) in [4.78, 5) is 15.1. The molecule has 7 heteroatoms. The van der Waals surface area contributed by atoms with Crippen molar-refractivity contribution in [1.82, 2.24) is 9.21 Å². The fourth-order valence-electron chi connectivity index (χ4n) is 3.92. The van der Waals surface area contributed by atoms with E-state index in [0.717, 1.165) is 24.2 Å². The monoisotopic (exact) mass is 463 g/mol. The molecule has 33 heavy (non-hydrogen) atoms. The number of sulfonamides is 1. The minimum absolute atomic E-state index is 0.134. The van der Waals surface area contributed by atoms with E-state index in [-0.39, 0.29) is 5.91 Å². The molecule has 1 saturated heterocycles. The topological polar surface area (TPSA) is 69.7 Å². The Morgan fingerprint density at radius 1 is 0.818 bits per heavy atom. The predicted octanol–water partition coefficient (Wildman–Crippen LogP) is 4.01. The Bertz CT molecular complexity index is 1170. The molecule has 1 aliphatic rings. The molecule has 1 N–H and O–H groups in total. The maximum atomic E-state index is 12.8. The molecule has 1 aliphatic heterocycles. The molecule has 3 aromatic rings. The van der Waals surface area contributed by atoms with E-state index in [1.54, 1.807) is 28.6 Å². The van der Waals surface area contributed by atoms with Crippen molar-refractivity contribution in [2.24, 2.45) is 0 Å². The van der Waals surface area contributed by atoms with E-state index in [1.165, 1.54) is 5.56 Å². The first-order valence-electron chi connectivity index (χ1n) is 11.2. The second-order valence-electron chi connectivity index (χ2n) is 8.19. The van der Waals surface area contributed by atoms with Crippen LogP contribution >= 0.6 is 0 Å². The number of amides is 1. The fourth-order valence-corrected chi connectivity index (χ4v) is 5.36. The van der Waals surface area contributed by atoms with E-state index >= 15 is 0 Å². The lowest BCUT2D eigenvalue weighted by Gasteiger charge is -2.34. The zero-order valence-corrected chi connectivity index (χ0v) is 19.6. The van der Waals surface area contributed by atoms with E-state index in [4.69, 9.17) is 0 Å². The number of nitrogens with zero attached hydrogens (tertiary/aromatic N) is 2. The van der Waals surface area contributed by atoms with Gasteiger partial charge in [-0.05, 0) is 53.9 Å². The summed E-state index contributed by atoms with van der Waals surface area (Å²) < 4.78 is 27.1. The predicted molar refractivity (Wildman–Crippen MR) is 131 cm³/mol. The van der Waals surface area contributed by atoms with Crippen LogP contribution in [0.4, 0.5) is 5.69 Å². The molecule has 0 aromatic heterocycles. The van der Waals surface area contributed by atoms with Crippen LogP contribution in [0.1, 0.15) is 28.4 Å². The first kappa shape index (κ1) is 23.2. The third-order valence-corrected chi connectivity index (χ3v) is 7.87. The average Bonchev–Trinajstić information content (AvgIpc) is 2.86. The van der Waals surface area contributed by atoms with Crippen molar-refractivity contribution in [1.29, 1.82) is 0 Å². The van der Waals surface area contributed by atoms with Crippen molar-refractivity contribution in [3.05, 3.63) is 95.6 Å². The number of aryl methyl sites for hydroxylation is 1. The standard InChI is InChI=1S/C26H29N3O3S/c1-2-21-10-14-24(15-11-21)27-26(30)23-12-8-22(9-13-23)20-28-16-18-29(19-17-28)33(31,32)25-6-4-3-5-7-25/h3-15H,2,16-20H2,1H3,(H,27,30). The van der Waals surface area contributed by atoms with Crippen molar-refractivity contribution in [2.45, 2.75) is 24.8 Å². The fraction of sp³-hybridized carbons (Fsp3) is 0.269. The van der Waals surface area contributed by atoms with Gasteiger partial charge in [0.15, 0.2) is 0 Å². The molecule has 3 aromatic carbocycles. The van der Waals surface area contributed by atoms with Crippen molar-refractivity contribution >= 4 is 21.6 Å². The van der Waals surface area contributed by atoms with Gasteiger partial charge < -0.3 is 5.32 Å². The minimum Gasteiger partial charge on any atom is -0.322 e. The maximum Gasteiger partial charge on any atom is 0.255 e. The molecule has 6 nitrogen and oxygen atoms in total.